The Morgan fingerprint density at radius 2 is 1.75 bits per heavy atom. The second-order valence-corrected chi connectivity index (χ2v) is 5.53. The van der Waals surface area contributed by atoms with Crippen LogP contribution in [0.25, 0.3) is 0 Å². The summed E-state index contributed by atoms with van der Waals surface area (Å²) < 4.78 is 0. The van der Waals surface area contributed by atoms with Crippen molar-refractivity contribution in [2.24, 2.45) is 0 Å². The minimum absolute atomic E-state index is 0.122. The number of halogens is 1. The van der Waals surface area contributed by atoms with Crippen LogP contribution < -0.4 is 10.6 Å². The number of rotatable bonds is 3. The molecule has 20 heavy (non-hydrogen) atoms. The van der Waals surface area contributed by atoms with E-state index < -0.39 is 0 Å². The number of thiocarbonyl (C=S) groups is 1. The lowest BCUT2D eigenvalue weighted by Crippen LogP contribution is -2.31. The molecule has 1 atom stereocenters. The molecule has 2 aromatic rings. The minimum Gasteiger partial charge on any atom is -0.356 e. The summed E-state index contributed by atoms with van der Waals surface area (Å²) in [6.07, 6.45) is 0. The maximum absolute atomic E-state index is 5.89. The second kappa shape index (κ2) is 6.73. The van der Waals surface area contributed by atoms with Crippen LogP contribution in [0.1, 0.15) is 24.1 Å². The van der Waals surface area contributed by atoms with Crippen LogP contribution in [0.5, 0.6) is 0 Å². The monoisotopic (exact) mass is 304 g/mol. The maximum Gasteiger partial charge on any atom is 0.171 e. The molecule has 0 saturated carbocycles. The van der Waals surface area contributed by atoms with Crippen molar-refractivity contribution in [1.82, 2.24) is 5.32 Å². The number of benzene rings is 2. The first-order chi connectivity index (χ1) is 9.56. The van der Waals surface area contributed by atoms with Gasteiger partial charge in [-0.25, -0.2) is 0 Å². The molecule has 2 aromatic carbocycles. The molecule has 0 unspecified atom stereocenters. The Morgan fingerprint density at radius 1 is 1.10 bits per heavy atom. The summed E-state index contributed by atoms with van der Waals surface area (Å²) in [5.74, 6) is 0. The average Bonchev–Trinajstić information content (AvgIpc) is 2.42. The number of anilines is 1. The third kappa shape index (κ3) is 3.95. The van der Waals surface area contributed by atoms with Gasteiger partial charge in [0, 0.05) is 10.7 Å². The molecule has 0 aromatic heterocycles. The Kier molecular flexibility index (Phi) is 4.99. The molecule has 0 aliphatic rings. The summed E-state index contributed by atoms with van der Waals surface area (Å²) >= 11 is 11.2. The highest BCUT2D eigenvalue weighted by Gasteiger charge is 2.07. The number of nitrogens with one attached hydrogen (secondary N) is 2. The van der Waals surface area contributed by atoms with Crippen LogP contribution >= 0.6 is 23.8 Å². The van der Waals surface area contributed by atoms with Gasteiger partial charge in [-0.05, 0) is 55.4 Å². The largest absolute Gasteiger partial charge is 0.356 e. The first-order valence-corrected chi connectivity index (χ1v) is 7.23. The van der Waals surface area contributed by atoms with Crippen LogP contribution in [0.15, 0.2) is 48.5 Å². The smallest absolute Gasteiger partial charge is 0.171 e. The fourth-order valence-corrected chi connectivity index (χ4v) is 2.32. The molecule has 0 heterocycles. The van der Waals surface area contributed by atoms with Gasteiger partial charge < -0.3 is 10.6 Å². The van der Waals surface area contributed by atoms with Crippen molar-refractivity contribution in [2.45, 2.75) is 19.9 Å². The van der Waals surface area contributed by atoms with E-state index in [-0.39, 0.29) is 6.04 Å². The first-order valence-electron chi connectivity index (χ1n) is 6.45. The van der Waals surface area contributed by atoms with E-state index in [4.69, 9.17) is 23.8 Å². The summed E-state index contributed by atoms with van der Waals surface area (Å²) in [5, 5.41) is 7.84. The van der Waals surface area contributed by atoms with Gasteiger partial charge >= 0.3 is 0 Å². The molecule has 0 fully saturated rings. The molecule has 4 heteroatoms. The van der Waals surface area contributed by atoms with Gasteiger partial charge in [-0.3, -0.25) is 0 Å². The summed E-state index contributed by atoms with van der Waals surface area (Å²) in [4.78, 5) is 0. The van der Waals surface area contributed by atoms with E-state index in [9.17, 15) is 0 Å². The highest BCUT2D eigenvalue weighted by molar-refractivity contribution is 7.80. The minimum atomic E-state index is 0.122. The van der Waals surface area contributed by atoms with Crippen molar-refractivity contribution in [3.05, 3.63) is 64.7 Å². The van der Waals surface area contributed by atoms with Crippen molar-refractivity contribution in [3.63, 3.8) is 0 Å². The molecule has 2 N–H and O–H groups in total. The van der Waals surface area contributed by atoms with E-state index in [0.29, 0.717) is 5.11 Å². The molecular formula is C16H17ClN2S. The van der Waals surface area contributed by atoms with Crippen LogP contribution in [0, 0.1) is 6.92 Å². The predicted molar refractivity (Wildman–Crippen MR) is 90.4 cm³/mol. The maximum atomic E-state index is 5.89. The van der Waals surface area contributed by atoms with E-state index in [0.717, 1.165) is 21.8 Å². The molecule has 0 aliphatic carbocycles. The van der Waals surface area contributed by atoms with Gasteiger partial charge in [0.25, 0.3) is 0 Å². The summed E-state index contributed by atoms with van der Waals surface area (Å²) in [6, 6.07) is 15.9. The van der Waals surface area contributed by atoms with Crippen LogP contribution in [0.3, 0.4) is 0 Å². The van der Waals surface area contributed by atoms with Crippen LogP contribution in [-0.4, -0.2) is 5.11 Å². The standard InChI is InChI=1S/C16H17ClN2S/c1-11-5-3-4-6-15(11)19-16(20)18-12(2)13-7-9-14(17)10-8-13/h3-10,12H,1-2H3,(H2,18,19,20)/t12-/m1/s1. The van der Waals surface area contributed by atoms with Crippen LogP contribution in [0.4, 0.5) is 5.69 Å². The van der Waals surface area contributed by atoms with Gasteiger partial charge in [-0.1, -0.05) is 41.9 Å². The van der Waals surface area contributed by atoms with Gasteiger partial charge in [0.2, 0.25) is 0 Å². The predicted octanol–water partition coefficient (Wildman–Crippen LogP) is 4.70. The van der Waals surface area contributed by atoms with Crippen molar-refractivity contribution < 1.29 is 0 Å². The van der Waals surface area contributed by atoms with E-state index >= 15 is 0 Å². The Hall–Kier alpha value is -1.58. The van der Waals surface area contributed by atoms with E-state index in [1.165, 1.54) is 0 Å². The quantitative estimate of drug-likeness (QED) is 0.804. The molecule has 104 valence electrons. The van der Waals surface area contributed by atoms with Crippen molar-refractivity contribution in [2.75, 3.05) is 5.32 Å². The lowest BCUT2D eigenvalue weighted by atomic mass is 10.1. The van der Waals surface area contributed by atoms with E-state index in [2.05, 4.69) is 17.6 Å². The number of aryl methyl sites for hydroxylation is 1. The highest BCUT2D eigenvalue weighted by Crippen LogP contribution is 2.17. The Morgan fingerprint density at radius 3 is 2.40 bits per heavy atom. The third-order valence-corrected chi connectivity index (χ3v) is 3.58. The van der Waals surface area contributed by atoms with Crippen molar-refractivity contribution in [3.8, 4) is 0 Å². The molecule has 0 amide bonds. The molecule has 0 bridgehead atoms. The third-order valence-electron chi connectivity index (χ3n) is 3.11. The Bertz CT molecular complexity index is 596. The average molecular weight is 305 g/mol. The van der Waals surface area contributed by atoms with Gasteiger partial charge in [0.1, 0.15) is 0 Å². The van der Waals surface area contributed by atoms with Gasteiger partial charge in [-0.2, -0.15) is 0 Å². The van der Waals surface area contributed by atoms with Crippen molar-refractivity contribution in [1.29, 1.82) is 0 Å². The van der Waals surface area contributed by atoms with Crippen molar-refractivity contribution >= 4 is 34.6 Å². The lowest BCUT2D eigenvalue weighted by molar-refractivity contribution is 0.722. The summed E-state index contributed by atoms with van der Waals surface area (Å²) in [6.45, 7) is 4.11. The first kappa shape index (κ1) is 14.8. The number of hydrogen-bond donors (Lipinski definition) is 2. The molecule has 0 aliphatic heterocycles. The van der Waals surface area contributed by atoms with E-state index in [1.807, 2.05) is 55.5 Å². The zero-order valence-electron chi connectivity index (χ0n) is 11.5. The van der Waals surface area contributed by atoms with Gasteiger partial charge in [-0.15, -0.1) is 0 Å². The molecular weight excluding hydrogens is 288 g/mol. The zero-order chi connectivity index (χ0) is 14.5. The SMILES string of the molecule is Cc1ccccc1NC(=S)N[C@H](C)c1ccc(Cl)cc1. The molecule has 2 nitrogen and oxygen atoms in total. The molecule has 0 spiro atoms. The van der Waals surface area contributed by atoms with Gasteiger partial charge in [0.15, 0.2) is 5.11 Å². The summed E-state index contributed by atoms with van der Waals surface area (Å²) in [7, 11) is 0. The fourth-order valence-electron chi connectivity index (χ4n) is 1.90. The Balaban J connectivity index is 1.98. The molecule has 0 radical (unpaired) electrons. The van der Waals surface area contributed by atoms with Gasteiger partial charge in [0.05, 0.1) is 6.04 Å². The van der Waals surface area contributed by atoms with Crippen LogP contribution in [0.2, 0.25) is 5.02 Å². The molecule has 2 rings (SSSR count). The molecule has 0 saturated heterocycles. The van der Waals surface area contributed by atoms with Crippen LogP contribution in [-0.2, 0) is 0 Å². The second-order valence-electron chi connectivity index (χ2n) is 4.69. The lowest BCUT2D eigenvalue weighted by Gasteiger charge is -2.18. The normalized spacial score (nSPS) is 11.8. The number of para-hydroxylation sites is 1. The van der Waals surface area contributed by atoms with E-state index in [1.54, 1.807) is 0 Å². The Labute approximate surface area is 130 Å². The highest BCUT2D eigenvalue weighted by atomic mass is 35.5. The fraction of sp³-hybridized carbons (Fsp3) is 0.188. The topological polar surface area (TPSA) is 24.1 Å². The zero-order valence-corrected chi connectivity index (χ0v) is 13.1. The summed E-state index contributed by atoms with van der Waals surface area (Å²) in [5.41, 5.74) is 3.33. The number of hydrogen-bond acceptors (Lipinski definition) is 1.